The van der Waals surface area contributed by atoms with Gasteiger partial charge in [0.1, 0.15) is 12.0 Å². The van der Waals surface area contributed by atoms with Crippen molar-refractivity contribution in [3.63, 3.8) is 0 Å². The van der Waals surface area contributed by atoms with Gasteiger partial charge in [0, 0.05) is 31.9 Å². The molecule has 0 amide bonds. The van der Waals surface area contributed by atoms with E-state index >= 15 is 0 Å². The molecule has 1 saturated heterocycles. The lowest BCUT2D eigenvalue weighted by molar-refractivity contribution is 0.276. The van der Waals surface area contributed by atoms with Crippen molar-refractivity contribution in [2.45, 2.75) is 20.5 Å². The van der Waals surface area contributed by atoms with Crippen LogP contribution in [0.5, 0.6) is 0 Å². The van der Waals surface area contributed by atoms with Crippen LogP contribution in [0.2, 0.25) is 0 Å². The number of hydrogen-bond acceptors (Lipinski definition) is 5. The Balaban J connectivity index is 1.68. The van der Waals surface area contributed by atoms with Crippen molar-refractivity contribution >= 4 is 11.7 Å². The third-order valence-electron chi connectivity index (χ3n) is 4.17. The Morgan fingerprint density at radius 3 is 2.52 bits per heavy atom. The van der Waals surface area contributed by atoms with Gasteiger partial charge in [0.2, 0.25) is 0 Å². The number of rotatable bonds is 3. The molecule has 2 heterocycles. The van der Waals surface area contributed by atoms with E-state index in [1.54, 1.807) is 0 Å². The van der Waals surface area contributed by atoms with E-state index in [4.69, 9.17) is 9.52 Å². The molecular formula is C16H21N3O2. The summed E-state index contributed by atoms with van der Waals surface area (Å²) in [4.78, 5) is 8.81. The van der Waals surface area contributed by atoms with E-state index in [0.29, 0.717) is 11.7 Å². The lowest BCUT2D eigenvalue weighted by Crippen LogP contribution is -2.47. The van der Waals surface area contributed by atoms with Crippen molar-refractivity contribution in [1.29, 1.82) is 0 Å². The average Bonchev–Trinajstić information content (AvgIpc) is 2.99. The minimum Gasteiger partial charge on any atom is -0.432 e. The molecule has 0 saturated carbocycles. The molecule has 0 bridgehead atoms. The molecule has 112 valence electrons. The molecule has 1 aliphatic rings. The third-order valence-corrected chi connectivity index (χ3v) is 4.17. The Labute approximate surface area is 124 Å². The second-order valence-electron chi connectivity index (χ2n) is 5.47. The zero-order valence-corrected chi connectivity index (χ0v) is 12.5. The van der Waals surface area contributed by atoms with Gasteiger partial charge in [0.15, 0.2) is 0 Å². The molecule has 1 aliphatic heterocycles. The van der Waals surface area contributed by atoms with Gasteiger partial charge in [0.05, 0.1) is 6.61 Å². The van der Waals surface area contributed by atoms with Gasteiger partial charge in [-0.15, -0.1) is 0 Å². The van der Waals surface area contributed by atoms with Gasteiger partial charge in [-0.1, -0.05) is 12.1 Å². The number of aromatic nitrogens is 1. The largest absolute Gasteiger partial charge is 0.432 e. The fraction of sp³-hybridized carbons (Fsp3) is 0.438. The highest BCUT2D eigenvalue weighted by atomic mass is 16.4. The SMILES string of the molecule is Cc1cccc(N2CCN(c3nc(CO)co3)CC2)c1C. The first-order valence-corrected chi connectivity index (χ1v) is 7.30. The summed E-state index contributed by atoms with van der Waals surface area (Å²) in [5.41, 5.74) is 4.58. The Morgan fingerprint density at radius 1 is 1.14 bits per heavy atom. The Morgan fingerprint density at radius 2 is 1.86 bits per heavy atom. The number of aryl methyl sites for hydroxylation is 1. The Hall–Kier alpha value is -2.01. The molecule has 5 heteroatoms. The van der Waals surface area contributed by atoms with Crippen LogP contribution in [-0.2, 0) is 6.61 Å². The summed E-state index contributed by atoms with van der Waals surface area (Å²) in [7, 11) is 0. The summed E-state index contributed by atoms with van der Waals surface area (Å²) < 4.78 is 5.42. The normalized spacial score (nSPS) is 15.6. The predicted octanol–water partition coefficient (Wildman–Crippen LogP) is 2.11. The average molecular weight is 287 g/mol. The second kappa shape index (κ2) is 5.77. The van der Waals surface area contributed by atoms with Gasteiger partial charge >= 0.3 is 0 Å². The molecule has 0 unspecified atom stereocenters. The van der Waals surface area contributed by atoms with E-state index in [1.807, 2.05) is 0 Å². The summed E-state index contributed by atoms with van der Waals surface area (Å²) in [5, 5.41) is 9.05. The molecule has 0 spiro atoms. The first kappa shape index (κ1) is 13.9. The topological polar surface area (TPSA) is 52.7 Å². The van der Waals surface area contributed by atoms with Gasteiger partial charge in [-0.05, 0) is 31.0 Å². The Kier molecular flexibility index (Phi) is 3.84. The van der Waals surface area contributed by atoms with E-state index in [0.717, 1.165) is 26.2 Å². The summed E-state index contributed by atoms with van der Waals surface area (Å²) >= 11 is 0. The zero-order chi connectivity index (χ0) is 14.8. The molecule has 0 radical (unpaired) electrons. The van der Waals surface area contributed by atoms with Crippen LogP contribution in [0.4, 0.5) is 11.7 Å². The molecule has 1 aromatic carbocycles. The van der Waals surface area contributed by atoms with Crippen LogP contribution in [0.3, 0.4) is 0 Å². The summed E-state index contributed by atoms with van der Waals surface area (Å²) in [6, 6.07) is 7.07. The molecule has 1 N–H and O–H groups in total. The molecule has 1 fully saturated rings. The van der Waals surface area contributed by atoms with Crippen LogP contribution in [0.1, 0.15) is 16.8 Å². The molecule has 1 aromatic heterocycles. The second-order valence-corrected chi connectivity index (χ2v) is 5.47. The molecule has 0 atom stereocenters. The number of piperazine rings is 1. The summed E-state index contributed by atoms with van der Waals surface area (Å²) in [6.07, 6.45) is 1.52. The number of oxazole rings is 1. The maximum absolute atomic E-state index is 9.05. The molecule has 5 nitrogen and oxygen atoms in total. The van der Waals surface area contributed by atoms with Crippen LogP contribution < -0.4 is 9.80 Å². The van der Waals surface area contributed by atoms with Crippen molar-refractivity contribution < 1.29 is 9.52 Å². The molecule has 3 rings (SSSR count). The van der Waals surface area contributed by atoms with Crippen molar-refractivity contribution in [2.75, 3.05) is 36.0 Å². The highest BCUT2D eigenvalue weighted by molar-refractivity contribution is 5.57. The highest BCUT2D eigenvalue weighted by Gasteiger charge is 2.21. The van der Waals surface area contributed by atoms with Crippen LogP contribution in [0.15, 0.2) is 28.9 Å². The van der Waals surface area contributed by atoms with Gasteiger partial charge < -0.3 is 19.3 Å². The lowest BCUT2D eigenvalue weighted by Gasteiger charge is -2.36. The van der Waals surface area contributed by atoms with Crippen LogP contribution >= 0.6 is 0 Å². The van der Waals surface area contributed by atoms with Crippen molar-refractivity contribution in [2.24, 2.45) is 0 Å². The lowest BCUT2D eigenvalue weighted by atomic mass is 10.1. The fourth-order valence-electron chi connectivity index (χ4n) is 2.73. The summed E-state index contributed by atoms with van der Waals surface area (Å²) in [6.45, 7) is 7.89. The molecular weight excluding hydrogens is 266 g/mol. The van der Waals surface area contributed by atoms with Crippen LogP contribution in [0.25, 0.3) is 0 Å². The predicted molar refractivity (Wildman–Crippen MR) is 82.8 cm³/mol. The van der Waals surface area contributed by atoms with Crippen LogP contribution in [-0.4, -0.2) is 36.3 Å². The van der Waals surface area contributed by atoms with E-state index in [2.05, 4.69) is 46.8 Å². The monoisotopic (exact) mass is 287 g/mol. The number of aliphatic hydroxyl groups excluding tert-OH is 1. The van der Waals surface area contributed by atoms with Crippen molar-refractivity contribution in [3.8, 4) is 0 Å². The third kappa shape index (κ3) is 2.74. The maximum atomic E-state index is 9.05. The van der Waals surface area contributed by atoms with E-state index < -0.39 is 0 Å². The highest BCUT2D eigenvalue weighted by Crippen LogP contribution is 2.25. The van der Waals surface area contributed by atoms with Gasteiger partial charge in [0.25, 0.3) is 6.01 Å². The maximum Gasteiger partial charge on any atom is 0.297 e. The zero-order valence-electron chi connectivity index (χ0n) is 12.5. The minimum atomic E-state index is -0.0774. The van der Waals surface area contributed by atoms with E-state index in [-0.39, 0.29) is 6.61 Å². The molecule has 0 aliphatic carbocycles. The Bertz CT molecular complexity index is 616. The molecule has 2 aromatic rings. The number of aliphatic hydroxyl groups is 1. The van der Waals surface area contributed by atoms with E-state index in [9.17, 15) is 0 Å². The van der Waals surface area contributed by atoms with Gasteiger partial charge in [-0.3, -0.25) is 0 Å². The van der Waals surface area contributed by atoms with Crippen LogP contribution in [0, 0.1) is 13.8 Å². The quantitative estimate of drug-likeness (QED) is 0.937. The number of benzene rings is 1. The number of anilines is 2. The van der Waals surface area contributed by atoms with Gasteiger partial charge in [-0.25, -0.2) is 0 Å². The fourth-order valence-corrected chi connectivity index (χ4v) is 2.73. The first-order chi connectivity index (χ1) is 10.2. The van der Waals surface area contributed by atoms with Gasteiger partial charge in [-0.2, -0.15) is 4.98 Å². The van der Waals surface area contributed by atoms with Crippen molar-refractivity contribution in [1.82, 2.24) is 4.98 Å². The minimum absolute atomic E-state index is 0.0774. The molecule has 21 heavy (non-hydrogen) atoms. The first-order valence-electron chi connectivity index (χ1n) is 7.30. The summed E-state index contributed by atoms with van der Waals surface area (Å²) in [5.74, 6) is 0. The number of nitrogens with zero attached hydrogens (tertiary/aromatic N) is 3. The standard InChI is InChI=1S/C16H21N3O2/c1-12-4-3-5-15(13(12)2)18-6-8-19(9-7-18)16-17-14(10-20)11-21-16/h3-5,11,20H,6-10H2,1-2H3. The van der Waals surface area contributed by atoms with E-state index in [1.165, 1.54) is 23.1 Å². The number of hydrogen-bond donors (Lipinski definition) is 1. The smallest absolute Gasteiger partial charge is 0.297 e. The van der Waals surface area contributed by atoms with Crippen molar-refractivity contribution in [3.05, 3.63) is 41.3 Å².